The molecule has 58 heavy (non-hydrogen) atoms. The van der Waals surface area contributed by atoms with E-state index in [1.54, 1.807) is 42.5 Å². The number of para-hydroxylation sites is 1. The molecule has 296 valence electrons. The van der Waals surface area contributed by atoms with Crippen molar-refractivity contribution in [3.63, 3.8) is 0 Å². The van der Waals surface area contributed by atoms with Gasteiger partial charge in [-0.2, -0.15) is 18.2 Å². The lowest BCUT2D eigenvalue weighted by Gasteiger charge is -2.50. The van der Waals surface area contributed by atoms with E-state index in [4.69, 9.17) is 23.2 Å². The molecule has 3 heterocycles. The fourth-order valence-corrected chi connectivity index (χ4v) is 9.66. The number of hydrogen-bond acceptors (Lipinski definition) is 8. The average Bonchev–Trinajstić information content (AvgIpc) is 3.57. The van der Waals surface area contributed by atoms with E-state index in [1.165, 1.54) is 36.4 Å². The maximum Gasteiger partial charge on any atom is 0.417 e. The first-order valence-corrected chi connectivity index (χ1v) is 18.8. The first-order valence-electron chi connectivity index (χ1n) is 18.1. The number of nitrogens with zero attached hydrogens (tertiary/aromatic N) is 3. The van der Waals surface area contributed by atoms with Crippen LogP contribution in [0.3, 0.4) is 0 Å². The number of phenols is 1. The van der Waals surface area contributed by atoms with Crippen LogP contribution in [0.4, 0.5) is 24.7 Å². The van der Waals surface area contributed by atoms with Gasteiger partial charge in [-0.25, -0.2) is 9.78 Å². The fraction of sp³-hybridized carbons (Fsp3) is 0.238. The Bertz CT molecular complexity index is 2490. The molecule has 1 saturated carbocycles. The molecule has 0 bridgehead atoms. The summed E-state index contributed by atoms with van der Waals surface area (Å²) in [7, 11) is 0. The number of anilines is 2. The molecule has 0 spiro atoms. The number of pyridine rings is 1. The highest BCUT2D eigenvalue weighted by Crippen LogP contribution is 2.65. The molecule has 8 rings (SSSR count). The van der Waals surface area contributed by atoms with Gasteiger partial charge in [0.2, 0.25) is 11.8 Å². The summed E-state index contributed by atoms with van der Waals surface area (Å²) in [5.41, 5.74) is 0.995. The second-order valence-corrected chi connectivity index (χ2v) is 15.5. The summed E-state index contributed by atoms with van der Waals surface area (Å²) >= 11 is 12.6. The summed E-state index contributed by atoms with van der Waals surface area (Å²) in [6, 6.07) is 17.2. The van der Waals surface area contributed by atoms with E-state index in [9.17, 15) is 42.6 Å². The molecule has 3 aromatic carbocycles. The molecule has 4 aliphatic rings. The number of nitrogens with one attached hydrogen (secondary N) is 1. The lowest BCUT2D eigenvalue weighted by Crippen LogP contribution is -2.53. The van der Waals surface area contributed by atoms with Gasteiger partial charge in [0.15, 0.2) is 5.82 Å². The third-order valence-corrected chi connectivity index (χ3v) is 12.3. The molecule has 0 radical (unpaired) electrons. The van der Waals surface area contributed by atoms with Crippen LogP contribution in [0.1, 0.15) is 51.4 Å². The Hall–Kier alpha value is -5.99. The summed E-state index contributed by atoms with van der Waals surface area (Å²) in [4.78, 5) is 75.6. The van der Waals surface area contributed by atoms with Crippen molar-refractivity contribution in [2.45, 2.75) is 36.8 Å². The Morgan fingerprint density at radius 3 is 2.38 bits per heavy atom. The number of amides is 4. The normalized spacial score (nSPS) is 25.3. The van der Waals surface area contributed by atoms with Gasteiger partial charge >= 0.3 is 12.1 Å². The number of rotatable bonds is 8. The lowest BCUT2D eigenvalue weighted by atomic mass is 9.49. The van der Waals surface area contributed by atoms with E-state index in [0.29, 0.717) is 39.0 Å². The van der Waals surface area contributed by atoms with Gasteiger partial charge in [0.25, 0.3) is 11.8 Å². The Morgan fingerprint density at radius 2 is 1.71 bits per heavy atom. The van der Waals surface area contributed by atoms with Crippen molar-refractivity contribution in [3.8, 4) is 5.75 Å². The van der Waals surface area contributed by atoms with Gasteiger partial charge < -0.3 is 10.2 Å². The zero-order valence-corrected chi connectivity index (χ0v) is 31.6. The van der Waals surface area contributed by atoms with E-state index in [2.05, 4.69) is 17.0 Å². The van der Waals surface area contributed by atoms with Crippen LogP contribution in [0.2, 0.25) is 10.0 Å². The molecule has 11 nitrogen and oxygen atoms in total. The Kier molecular flexibility index (Phi) is 9.47. The fourth-order valence-electron chi connectivity index (χ4n) is 9.32. The van der Waals surface area contributed by atoms with Gasteiger partial charge in [0, 0.05) is 22.7 Å². The molecule has 2 saturated heterocycles. The van der Waals surface area contributed by atoms with Crippen LogP contribution in [0.15, 0.2) is 103 Å². The number of aromatic hydroxyl groups is 1. The molecular formula is C42H31Cl2F3N4O7. The SMILES string of the molecule is C=CCc1cccc(C2C3=CCC4C(=O)N(c5cccc(C(=O)O)c5)C(=O)C4C3CC3C(=O)N(Nc4ncc(C(F)(F)F)cc4Cl)C(=O)C32c2ccc(Cl)cc2)c1O. The first-order chi connectivity index (χ1) is 27.6. The maximum atomic E-state index is 15.4. The van der Waals surface area contributed by atoms with E-state index in [0.717, 1.165) is 4.90 Å². The summed E-state index contributed by atoms with van der Waals surface area (Å²) < 4.78 is 40.6. The largest absolute Gasteiger partial charge is 0.507 e. The molecule has 4 amide bonds. The van der Waals surface area contributed by atoms with E-state index in [1.807, 2.05) is 0 Å². The third kappa shape index (κ3) is 5.87. The highest BCUT2D eigenvalue weighted by molar-refractivity contribution is 6.33. The minimum Gasteiger partial charge on any atom is -0.507 e. The predicted octanol–water partition coefficient (Wildman–Crippen LogP) is 7.73. The Balaban J connectivity index is 1.32. The van der Waals surface area contributed by atoms with Crippen molar-refractivity contribution in [1.29, 1.82) is 0 Å². The number of carbonyl (C=O) groups is 5. The number of phenolic OH excluding ortho intramolecular Hbond substituents is 1. The van der Waals surface area contributed by atoms with Crippen LogP contribution in [0.25, 0.3) is 0 Å². The minimum atomic E-state index is -4.78. The lowest BCUT2D eigenvalue weighted by molar-refractivity contribution is -0.139. The molecule has 6 unspecified atom stereocenters. The van der Waals surface area contributed by atoms with Crippen molar-refractivity contribution < 1.29 is 47.4 Å². The number of aromatic carboxylic acids is 1. The molecule has 2 aliphatic carbocycles. The Morgan fingerprint density at radius 1 is 0.983 bits per heavy atom. The van der Waals surface area contributed by atoms with Crippen LogP contribution in [0, 0.1) is 23.7 Å². The van der Waals surface area contributed by atoms with Gasteiger partial charge in [0.1, 0.15) is 5.75 Å². The predicted molar refractivity (Wildman–Crippen MR) is 205 cm³/mol. The maximum absolute atomic E-state index is 15.4. The topological polar surface area (TPSA) is 157 Å². The van der Waals surface area contributed by atoms with Crippen molar-refractivity contribution in [2.24, 2.45) is 23.7 Å². The molecule has 3 N–H and O–H groups in total. The number of halogens is 5. The van der Waals surface area contributed by atoms with Crippen LogP contribution < -0.4 is 10.3 Å². The van der Waals surface area contributed by atoms with Crippen molar-refractivity contribution in [2.75, 3.05) is 10.3 Å². The number of carbonyl (C=O) groups excluding carboxylic acids is 4. The van der Waals surface area contributed by atoms with Gasteiger partial charge in [-0.15, -0.1) is 6.58 Å². The number of benzene rings is 3. The number of aromatic nitrogens is 1. The smallest absolute Gasteiger partial charge is 0.417 e. The zero-order valence-electron chi connectivity index (χ0n) is 30.0. The molecule has 1 aromatic heterocycles. The number of allylic oxidation sites excluding steroid dienone is 3. The van der Waals surface area contributed by atoms with Crippen molar-refractivity contribution >= 4 is 64.3 Å². The van der Waals surface area contributed by atoms with E-state index >= 15 is 4.79 Å². The van der Waals surface area contributed by atoms with E-state index in [-0.39, 0.29) is 41.8 Å². The number of carboxylic acids is 1. The molecule has 2 aliphatic heterocycles. The number of hydrogen-bond donors (Lipinski definition) is 3. The standard InChI is InChI=1S/C42H31Cl2F3N4O7/c1-2-5-20-6-4-9-28(34(20)52)33-26-14-15-27-32(38(55)50(36(27)53)25-8-3-7-21(16-25)39(56)57)29(26)18-30-37(54)51(40(58)41(30,33)22-10-12-24(43)13-11-22)49-35-31(44)17-23(19-48-35)42(45,46)47/h2-4,6-14,16-17,19,27,29-30,32-33,52H,1,5,15,18H2,(H,48,49)(H,56,57). The number of imide groups is 2. The van der Waals surface area contributed by atoms with E-state index < -0.39 is 87.2 Å². The average molecular weight is 832 g/mol. The number of hydrazine groups is 1. The number of fused-ring (bicyclic) bond motifs is 4. The number of carboxylic acid groups (broad SMARTS) is 1. The highest BCUT2D eigenvalue weighted by Gasteiger charge is 2.71. The summed E-state index contributed by atoms with van der Waals surface area (Å²) in [6.07, 6.45) is -0.811. The van der Waals surface area contributed by atoms with Gasteiger partial charge in [-0.3, -0.25) is 29.5 Å². The highest BCUT2D eigenvalue weighted by atomic mass is 35.5. The zero-order chi connectivity index (χ0) is 41.4. The third-order valence-electron chi connectivity index (χ3n) is 11.7. The quantitative estimate of drug-likeness (QED) is 0.119. The second kappa shape index (κ2) is 14.1. The molecule has 6 atom stereocenters. The first kappa shape index (κ1) is 38.9. The molecular weight excluding hydrogens is 800 g/mol. The second-order valence-electron chi connectivity index (χ2n) is 14.6. The van der Waals surface area contributed by atoms with Crippen LogP contribution in [-0.2, 0) is 37.2 Å². The van der Waals surface area contributed by atoms with Crippen molar-refractivity contribution in [3.05, 3.63) is 141 Å². The molecule has 16 heteroatoms. The Labute approximate surface area is 338 Å². The summed E-state index contributed by atoms with van der Waals surface area (Å²) in [5, 5.41) is 22.1. The van der Waals surface area contributed by atoms with Crippen LogP contribution in [-0.4, -0.2) is 49.8 Å². The molecule has 3 fully saturated rings. The number of alkyl halides is 3. The monoisotopic (exact) mass is 830 g/mol. The van der Waals surface area contributed by atoms with Gasteiger partial charge in [-0.1, -0.05) is 77.3 Å². The van der Waals surface area contributed by atoms with Crippen molar-refractivity contribution in [1.82, 2.24) is 9.99 Å². The summed E-state index contributed by atoms with van der Waals surface area (Å²) in [6.45, 7) is 3.79. The summed E-state index contributed by atoms with van der Waals surface area (Å²) in [5.74, 6) is -10.00. The minimum absolute atomic E-state index is 0.0380. The van der Waals surface area contributed by atoms with Crippen LogP contribution >= 0.6 is 23.2 Å². The van der Waals surface area contributed by atoms with Crippen LogP contribution in [0.5, 0.6) is 5.75 Å². The molecule has 4 aromatic rings. The van der Waals surface area contributed by atoms with Gasteiger partial charge in [-0.05, 0) is 72.7 Å². The van der Waals surface area contributed by atoms with Gasteiger partial charge in [0.05, 0.1) is 45.0 Å².